The molecule has 0 amide bonds. The molecule has 0 radical (unpaired) electrons. The lowest BCUT2D eigenvalue weighted by Crippen LogP contribution is -1.92. The van der Waals surface area contributed by atoms with Crippen LogP contribution < -0.4 is 4.74 Å². The summed E-state index contributed by atoms with van der Waals surface area (Å²) in [5, 5.41) is 18.3. The van der Waals surface area contributed by atoms with Crippen LogP contribution in [0.4, 0.5) is 0 Å². The zero-order valence-corrected chi connectivity index (χ0v) is 7.79. The van der Waals surface area contributed by atoms with Crippen LogP contribution in [-0.2, 0) is 0 Å². The SMILES string of the molecule is N#CCOc1ccc(C=C[N+](=O)[O-])cc1. The van der Waals surface area contributed by atoms with Gasteiger partial charge in [0.25, 0.3) is 0 Å². The predicted octanol–water partition coefficient (Wildman–Crippen LogP) is 1.84. The summed E-state index contributed by atoms with van der Waals surface area (Å²) in [7, 11) is 0. The summed E-state index contributed by atoms with van der Waals surface area (Å²) in [5.41, 5.74) is 0.705. The summed E-state index contributed by atoms with van der Waals surface area (Å²) in [5.74, 6) is 0.565. The fourth-order valence-corrected chi connectivity index (χ4v) is 0.938. The van der Waals surface area contributed by atoms with Crippen molar-refractivity contribution in [2.45, 2.75) is 0 Å². The zero-order chi connectivity index (χ0) is 11.1. The van der Waals surface area contributed by atoms with Gasteiger partial charge in [0, 0.05) is 6.08 Å². The van der Waals surface area contributed by atoms with E-state index in [0.717, 1.165) is 6.20 Å². The Hall–Kier alpha value is -2.35. The maximum absolute atomic E-state index is 10.0. The van der Waals surface area contributed by atoms with Crippen molar-refractivity contribution in [1.82, 2.24) is 0 Å². The van der Waals surface area contributed by atoms with E-state index < -0.39 is 4.92 Å². The molecule has 0 spiro atoms. The second kappa shape index (κ2) is 5.40. The van der Waals surface area contributed by atoms with Gasteiger partial charge in [-0.1, -0.05) is 12.1 Å². The van der Waals surface area contributed by atoms with Gasteiger partial charge in [0.1, 0.15) is 11.8 Å². The Morgan fingerprint density at radius 3 is 2.67 bits per heavy atom. The van der Waals surface area contributed by atoms with E-state index in [1.807, 2.05) is 6.07 Å². The van der Waals surface area contributed by atoms with E-state index in [0.29, 0.717) is 11.3 Å². The molecule has 0 aliphatic rings. The lowest BCUT2D eigenvalue weighted by molar-refractivity contribution is -0.400. The lowest BCUT2D eigenvalue weighted by Gasteiger charge is -2.00. The number of hydrogen-bond acceptors (Lipinski definition) is 4. The van der Waals surface area contributed by atoms with Gasteiger partial charge in [-0.25, -0.2) is 0 Å². The standard InChI is InChI=1S/C10H8N2O3/c11-6-8-15-10-3-1-9(2-4-10)5-7-12(13)14/h1-5,7H,8H2. The second-order valence-electron chi connectivity index (χ2n) is 2.62. The van der Waals surface area contributed by atoms with Gasteiger partial charge in [0.15, 0.2) is 6.61 Å². The van der Waals surface area contributed by atoms with Gasteiger partial charge < -0.3 is 4.74 Å². The summed E-state index contributed by atoms with van der Waals surface area (Å²) in [6, 6.07) is 8.49. The first kappa shape index (κ1) is 10.7. The first-order valence-electron chi connectivity index (χ1n) is 4.14. The summed E-state index contributed by atoms with van der Waals surface area (Å²) in [6.45, 7) is -0.00984. The van der Waals surface area contributed by atoms with E-state index in [4.69, 9.17) is 10.00 Å². The molecular formula is C10H8N2O3. The molecule has 1 aromatic rings. The largest absolute Gasteiger partial charge is 0.479 e. The fraction of sp³-hybridized carbons (Fsp3) is 0.100. The van der Waals surface area contributed by atoms with Crippen molar-refractivity contribution in [2.75, 3.05) is 6.61 Å². The highest BCUT2D eigenvalue weighted by atomic mass is 16.6. The molecule has 5 nitrogen and oxygen atoms in total. The van der Waals surface area contributed by atoms with E-state index in [2.05, 4.69) is 0 Å². The highest BCUT2D eigenvalue weighted by Crippen LogP contribution is 2.12. The first-order valence-corrected chi connectivity index (χ1v) is 4.14. The third kappa shape index (κ3) is 3.91. The molecule has 1 rings (SSSR count). The quantitative estimate of drug-likeness (QED) is 0.553. The van der Waals surface area contributed by atoms with Gasteiger partial charge >= 0.3 is 0 Å². The Bertz CT molecular complexity index is 404. The predicted molar refractivity (Wildman–Crippen MR) is 53.6 cm³/mol. The minimum Gasteiger partial charge on any atom is -0.479 e. The maximum Gasteiger partial charge on any atom is 0.235 e. The molecule has 0 heterocycles. The van der Waals surface area contributed by atoms with Crippen LogP contribution in [0.2, 0.25) is 0 Å². The third-order valence-corrected chi connectivity index (χ3v) is 1.57. The minimum absolute atomic E-state index is 0.00984. The van der Waals surface area contributed by atoms with E-state index >= 15 is 0 Å². The molecule has 0 aliphatic carbocycles. The molecule has 76 valence electrons. The number of nitro groups is 1. The average Bonchev–Trinajstić information content (AvgIpc) is 2.25. The van der Waals surface area contributed by atoms with Crippen molar-refractivity contribution in [2.24, 2.45) is 0 Å². The Balaban J connectivity index is 2.64. The van der Waals surface area contributed by atoms with Crippen molar-refractivity contribution < 1.29 is 9.66 Å². The summed E-state index contributed by atoms with van der Waals surface area (Å²) in [4.78, 5) is 9.51. The van der Waals surface area contributed by atoms with Crippen LogP contribution in [-0.4, -0.2) is 11.5 Å². The minimum atomic E-state index is -0.528. The lowest BCUT2D eigenvalue weighted by atomic mass is 10.2. The molecule has 0 saturated carbocycles. The topological polar surface area (TPSA) is 76.2 Å². The molecule has 0 unspecified atom stereocenters. The van der Waals surface area contributed by atoms with Gasteiger partial charge in [-0.05, 0) is 17.7 Å². The number of nitrogens with zero attached hydrogens (tertiary/aromatic N) is 2. The van der Waals surface area contributed by atoms with E-state index in [9.17, 15) is 10.1 Å². The Labute approximate surface area is 86.4 Å². The Kier molecular flexibility index (Phi) is 3.86. The van der Waals surface area contributed by atoms with Crippen LogP contribution in [0.25, 0.3) is 6.08 Å². The van der Waals surface area contributed by atoms with Crippen molar-refractivity contribution in [3.05, 3.63) is 46.1 Å². The molecule has 0 aliphatic heterocycles. The normalized spacial score (nSPS) is 9.80. The first-order chi connectivity index (χ1) is 7.22. The van der Waals surface area contributed by atoms with E-state index in [-0.39, 0.29) is 6.61 Å². The average molecular weight is 204 g/mol. The summed E-state index contributed by atoms with van der Waals surface area (Å²) in [6.07, 6.45) is 2.25. The van der Waals surface area contributed by atoms with Gasteiger partial charge in [-0.3, -0.25) is 10.1 Å². The molecule has 0 saturated heterocycles. The van der Waals surface area contributed by atoms with Crippen molar-refractivity contribution >= 4 is 6.08 Å². The van der Waals surface area contributed by atoms with E-state index in [1.165, 1.54) is 6.08 Å². The second-order valence-corrected chi connectivity index (χ2v) is 2.62. The van der Waals surface area contributed by atoms with Crippen molar-refractivity contribution in [1.29, 1.82) is 5.26 Å². The van der Waals surface area contributed by atoms with Gasteiger partial charge in [0.05, 0.1) is 4.92 Å². The molecule has 0 N–H and O–H groups in total. The molecule has 0 bridgehead atoms. The van der Waals surface area contributed by atoms with Crippen LogP contribution in [0.15, 0.2) is 30.5 Å². The van der Waals surface area contributed by atoms with Gasteiger partial charge in [0.2, 0.25) is 6.20 Å². The molecule has 0 atom stereocenters. The van der Waals surface area contributed by atoms with Crippen LogP contribution in [0.5, 0.6) is 5.75 Å². The van der Waals surface area contributed by atoms with Crippen LogP contribution in [0.3, 0.4) is 0 Å². The molecule has 0 aromatic heterocycles. The van der Waals surface area contributed by atoms with Crippen LogP contribution >= 0.6 is 0 Å². The van der Waals surface area contributed by atoms with Crippen molar-refractivity contribution in [3.8, 4) is 11.8 Å². The summed E-state index contributed by atoms with van der Waals surface area (Å²) >= 11 is 0. The number of rotatable bonds is 4. The van der Waals surface area contributed by atoms with Crippen molar-refractivity contribution in [3.63, 3.8) is 0 Å². The number of benzene rings is 1. The Morgan fingerprint density at radius 1 is 1.47 bits per heavy atom. The smallest absolute Gasteiger partial charge is 0.235 e. The van der Waals surface area contributed by atoms with E-state index in [1.54, 1.807) is 24.3 Å². The number of nitriles is 1. The summed E-state index contributed by atoms with van der Waals surface area (Å²) < 4.78 is 5.02. The Morgan fingerprint density at radius 2 is 2.13 bits per heavy atom. The van der Waals surface area contributed by atoms with Crippen LogP contribution in [0.1, 0.15) is 5.56 Å². The fourth-order valence-electron chi connectivity index (χ4n) is 0.938. The highest BCUT2D eigenvalue weighted by Gasteiger charge is 1.93. The molecular weight excluding hydrogens is 196 g/mol. The number of hydrogen-bond donors (Lipinski definition) is 0. The molecule has 1 aromatic carbocycles. The highest BCUT2D eigenvalue weighted by molar-refractivity contribution is 5.49. The monoisotopic (exact) mass is 204 g/mol. The van der Waals surface area contributed by atoms with Gasteiger partial charge in [-0.15, -0.1) is 0 Å². The zero-order valence-electron chi connectivity index (χ0n) is 7.79. The number of ether oxygens (including phenoxy) is 1. The third-order valence-electron chi connectivity index (χ3n) is 1.57. The molecule has 5 heteroatoms. The maximum atomic E-state index is 10.0. The van der Waals surface area contributed by atoms with Gasteiger partial charge in [-0.2, -0.15) is 5.26 Å². The molecule has 15 heavy (non-hydrogen) atoms. The van der Waals surface area contributed by atoms with Crippen LogP contribution in [0, 0.1) is 21.4 Å². The molecule has 0 fully saturated rings.